The molecule has 0 spiro atoms. The molecular formula is C9H16N2O4. The summed E-state index contributed by atoms with van der Waals surface area (Å²) in [5.41, 5.74) is 0. The Labute approximate surface area is 88.2 Å². The van der Waals surface area contributed by atoms with Crippen LogP contribution in [0.2, 0.25) is 0 Å². The van der Waals surface area contributed by atoms with Crippen LogP contribution in [-0.4, -0.2) is 54.4 Å². The smallest absolute Gasteiger partial charge is 0.407 e. The molecule has 2 N–H and O–H groups in total. The summed E-state index contributed by atoms with van der Waals surface area (Å²) in [4.78, 5) is 23.5. The first-order chi connectivity index (χ1) is 7.13. The van der Waals surface area contributed by atoms with Crippen molar-refractivity contribution >= 4 is 12.0 Å². The fourth-order valence-electron chi connectivity index (χ4n) is 1.23. The third kappa shape index (κ3) is 3.75. The van der Waals surface area contributed by atoms with Crippen LogP contribution in [0, 0.1) is 0 Å². The van der Waals surface area contributed by atoms with Gasteiger partial charge in [0.1, 0.15) is 6.10 Å². The molecule has 1 rings (SSSR count). The minimum Gasteiger partial charge on any atom is -0.442 e. The molecule has 1 aliphatic heterocycles. The zero-order chi connectivity index (χ0) is 11.3. The van der Waals surface area contributed by atoms with Gasteiger partial charge in [0.25, 0.3) is 0 Å². The molecule has 0 aromatic rings. The number of hydrogen-bond acceptors (Lipinski definition) is 4. The molecule has 1 heterocycles. The lowest BCUT2D eigenvalue weighted by Crippen LogP contribution is -2.55. The van der Waals surface area contributed by atoms with Gasteiger partial charge in [0.2, 0.25) is 5.91 Å². The van der Waals surface area contributed by atoms with Crippen LogP contribution in [0.25, 0.3) is 0 Å². The lowest BCUT2D eigenvalue weighted by atomic mass is 10.2. The largest absolute Gasteiger partial charge is 0.442 e. The van der Waals surface area contributed by atoms with E-state index in [-0.39, 0.29) is 18.6 Å². The lowest BCUT2D eigenvalue weighted by Gasteiger charge is -2.37. The van der Waals surface area contributed by atoms with E-state index in [1.54, 1.807) is 4.90 Å². The van der Waals surface area contributed by atoms with E-state index in [1.807, 2.05) is 0 Å². The van der Waals surface area contributed by atoms with Gasteiger partial charge in [-0.1, -0.05) is 0 Å². The third-order valence-corrected chi connectivity index (χ3v) is 2.17. The first-order valence-electron chi connectivity index (χ1n) is 4.94. The van der Waals surface area contributed by atoms with Crippen LogP contribution < -0.4 is 5.32 Å². The SMILES string of the molecule is CC(=O)N1CC(OC(=O)NCCCO)C1. The molecular weight excluding hydrogens is 200 g/mol. The molecule has 6 heteroatoms. The van der Waals surface area contributed by atoms with Gasteiger partial charge in [-0.3, -0.25) is 4.79 Å². The fourth-order valence-corrected chi connectivity index (χ4v) is 1.23. The van der Waals surface area contributed by atoms with Crippen LogP contribution in [-0.2, 0) is 9.53 Å². The van der Waals surface area contributed by atoms with E-state index >= 15 is 0 Å². The van der Waals surface area contributed by atoms with Gasteiger partial charge in [-0.25, -0.2) is 4.79 Å². The van der Waals surface area contributed by atoms with Gasteiger partial charge in [-0.05, 0) is 6.42 Å². The second-order valence-electron chi connectivity index (χ2n) is 3.46. The highest BCUT2D eigenvalue weighted by Gasteiger charge is 2.31. The van der Waals surface area contributed by atoms with Gasteiger partial charge in [0.05, 0.1) is 13.1 Å². The van der Waals surface area contributed by atoms with Crippen LogP contribution in [0.3, 0.4) is 0 Å². The van der Waals surface area contributed by atoms with Crippen molar-refractivity contribution in [3.63, 3.8) is 0 Å². The fraction of sp³-hybridized carbons (Fsp3) is 0.778. The van der Waals surface area contributed by atoms with Crippen molar-refractivity contribution in [3.8, 4) is 0 Å². The molecule has 15 heavy (non-hydrogen) atoms. The van der Waals surface area contributed by atoms with Crippen LogP contribution in [0.1, 0.15) is 13.3 Å². The molecule has 0 bridgehead atoms. The summed E-state index contributed by atoms with van der Waals surface area (Å²) in [5, 5.41) is 11.0. The number of alkyl carbamates (subject to hydrolysis) is 1. The normalized spacial score (nSPS) is 15.7. The number of nitrogens with zero attached hydrogens (tertiary/aromatic N) is 1. The first-order valence-corrected chi connectivity index (χ1v) is 4.94. The molecule has 0 unspecified atom stereocenters. The van der Waals surface area contributed by atoms with Crippen molar-refractivity contribution in [1.29, 1.82) is 0 Å². The van der Waals surface area contributed by atoms with Gasteiger partial charge < -0.3 is 20.1 Å². The van der Waals surface area contributed by atoms with E-state index in [1.165, 1.54) is 6.92 Å². The average molecular weight is 216 g/mol. The highest BCUT2D eigenvalue weighted by Crippen LogP contribution is 2.11. The highest BCUT2D eigenvalue weighted by molar-refractivity contribution is 5.74. The van der Waals surface area contributed by atoms with Gasteiger partial charge in [-0.15, -0.1) is 0 Å². The average Bonchev–Trinajstić information content (AvgIpc) is 2.10. The zero-order valence-electron chi connectivity index (χ0n) is 8.73. The van der Waals surface area contributed by atoms with Crippen LogP contribution in [0.4, 0.5) is 4.79 Å². The van der Waals surface area contributed by atoms with Crippen molar-refractivity contribution in [3.05, 3.63) is 0 Å². The Bertz CT molecular complexity index is 238. The Morgan fingerprint density at radius 3 is 2.73 bits per heavy atom. The maximum absolute atomic E-state index is 11.1. The Morgan fingerprint density at radius 2 is 2.20 bits per heavy atom. The topological polar surface area (TPSA) is 78.9 Å². The predicted octanol–water partition coefficient (Wildman–Crippen LogP) is -0.674. The Morgan fingerprint density at radius 1 is 1.53 bits per heavy atom. The number of aliphatic hydroxyl groups excluding tert-OH is 1. The Hall–Kier alpha value is -1.30. The summed E-state index contributed by atoms with van der Waals surface area (Å²) in [7, 11) is 0. The van der Waals surface area contributed by atoms with E-state index < -0.39 is 6.09 Å². The Kier molecular flexibility index (Phi) is 4.36. The maximum atomic E-state index is 11.1. The van der Waals surface area contributed by atoms with Crippen LogP contribution >= 0.6 is 0 Å². The molecule has 6 nitrogen and oxygen atoms in total. The highest BCUT2D eigenvalue weighted by atomic mass is 16.6. The lowest BCUT2D eigenvalue weighted by molar-refractivity contribution is -0.138. The second-order valence-corrected chi connectivity index (χ2v) is 3.46. The second kappa shape index (κ2) is 5.55. The minimum atomic E-state index is -0.489. The van der Waals surface area contributed by atoms with Gasteiger partial charge in [0.15, 0.2) is 0 Å². The molecule has 0 saturated carbocycles. The summed E-state index contributed by atoms with van der Waals surface area (Å²) >= 11 is 0. The number of hydrogen-bond donors (Lipinski definition) is 2. The third-order valence-electron chi connectivity index (χ3n) is 2.17. The predicted molar refractivity (Wildman–Crippen MR) is 52.2 cm³/mol. The van der Waals surface area contributed by atoms with Gasteiger partial charge in [0, 0.05) is 20.1 Å². The molecule has 0 aromatic heterocycles. The molecule has 86 valence electrons. The monoisotopic (exact) mass is 216 g/mol. The number of carbonyl (C=O) groups excluding carboxylic acids is 2. The molecule has 1 saturated heterocycles. The molecule has 0 aliphatic carbocycles. The number of nitrogens with one attached hydrogen (secondary N) is 1. The summed E-state index contributed by atoms with van der Waals surface area (Å²) < 4.78 is 4.99. The van der Waals surface area contributed by atoms with Gasteiger partial charge in [-0.2, -0.15) is 0 Å². The van der Waals surface area contributed by atoms with Crippen molar-refractivity contribution in [1.82, 2.24) is 10.2 Å². The number of aliphatic hydroxyl groups is 1. The van der Waals surface area contributed by atoms with E-state index in [0.717, 1.165) is 0 Å². The summed E-state index contributed by atoms with van der Waals surface area (Å²) in [6.45, 7) is 2.88. The van der Waals surface area contributed by atoms with Crippen molar-refractivity contribution < 1.29 is 19.4 Å². The molecule has 1 fully saturated rings. The Balaban J connectivity index is 2.06. The molecule has 0 atom stereocenters. The van der Waals surface area contributed by atoms with Crippen molar-refractivity contribution in [2.24, 2.45) is 0 Å². The minimum absolute atomic E-state index is 0.00413. The molecule has 2 amide bonds. The molecule has 0 radical (unpaired) electrons. The van der Waals surface area contributed by atoms with Crippen molar-refractivity contribution in [2.75, 3.05) is 26.2 Å². The number of likely N-dealkylation sites (tertiary alicyclic amines) is 1. The van der Waals surface area contributed by atoms with Crippen LogP contribution in [0.15, 0.2) is 0 Å². The van der Waals surface area contributed by atoms with E-state index in [4.69, 9.17) is 9.84 Å². The zero-order valence-corrected chi connectivity index (χ0v) is 8.73. The quantitative estimate of drug-likeness (QED) is 0.611. The number of carbonyl (C=O) groups is 2. The standard InChI is InChI=1S/C9H16N2O4/c1-7(13)11-5-8(6-11)15-9(14)10-3-2-4-12/h8,12H,2-6H2,1H3,(H,10,14). The maximum Gasteiger partial charge on any atom is 0.407 e. The summed E-state index contributed by atoms with van der Waals surface area (Å²) in [6.07, 6.45) is -0.168. The first kappa shape index (κ1) is 11.8. The van der Waals surface area contributed by atoms with Gasteiger partial charge >= 0.3 is 6.09 Å². The van der Waals surface area contributed by atoms with Crippen molar-refractivity contribution in [2.45, 2.75) is 19.4 Å². The summed E-state index contributed by atoms with van der Waals surface area (Å²) in [5.74, 6) is -0.00413. The number of rotatable bonds is 4. The number of amides is 2. The number of ether oxygens (including phenoxy) is 1. The van der Waals surface area contributed by atoms with E-state index in [2.05, 4.69) is 5.32 Å². The van der Waals surface area contributed by atoms with Crippen LogP contribution in [0.5, 0.6) is 0 Å². The summed E-state index contributed by atoms with van der Waals surface area (Å²) in [6, 6.07) is 0. The van der Waals surface area contributed by atoms with E-state index in [9.17, 15) is 9.59 Å². The molecule has 0 aromatic carbocycles. The van der Waals surface area contributed by atoms with E-state index in [0.29, 0.717) is 26.1 Å². The molecule has 1 aliphatic rings.